The highest BCUT2D eigenvalue weighted by Gasteiger charge is 2.10. The molecule has 1 aromatic rings. The zero-order valence-corrected chi connectivity index (χ0v) is 12.5. The fourth-order valence-corrected chi connectivity index (χ4v) is 2.35. The minimum Gasteiger partial charge on any atom is -0.313 e. The Bertz CT molecular complexity index is 324. The molecule has 0 heterocycles. The van der Waals surface area contributed by atoms with E-state index >= 15 is 0 Å². The third-order valence-electron chi connectivity index (χ3n) is 3.34. The van der Waals surface area contributed by atoms with E-state index in [1.165, 1.54) is 18.5 Å². The molecule has 1 rings (SSSR count). The molecule has 0 amide bonds. The Morgan fingerprint density at radius 2 is 1.83 bits per heavy atom. The summed E-state index contributed by atoms with van der Waals surface area (Å²) in [5.41, 5.74) is 1.31. The van der Waals surface area contributed by atoms with E-state index in [0.29, 0.717) is 6.04 Å². The van der Waals surface area contributed by atoms with Gasteiger partial charge < -0.3 is 10.2 Å². The Labute approximate surface area is 116 Å². The van der Waals surface area contributed by atoms with Gasteiger partial charge in [0.15, 0.2) is 0 Å². The van der Waals surface area contributed by atoms with Crippen LogP contribution in [0.15, 0.2) is 24.3 Å². The van der Waals surface area contributed by atoms with E-state index in [9.17, 15) is 0 Å². The van der Waals surface area contributed by atoms with Crippen molar-refractivity contribution in [3.8, 4) is 0 Å². The van der Waals surface area contributed by atoms with Gasteiger partial charge in [0.25, 0.3) is 0 Å². The van der Waals surface area contributed by atoms with Gasteiger partial charge in [-0.05, 0) is 57.2 Å². The van der Waals surface area contributed by atoms with E-state index < -0.39 is 0 Å². The molecule has 0 fully saturated rings. The van der Waals surface area contributed by atoms with E-state index in [1.807, 2.05) is 19.2 Å². The second-order valence-corrected chi connectivity index (χ2v) is 5.05. The van der Waals surface area contributed by atoms with Crippen LogP contribution in [0.25, 0.3) is 0 Å². The lowest BCUT2D eigenvalue weighted by atomic mass is 10.0. The van der Waals surface area contributed by atoms with Gasteiger partial charge in [0.2, 0.25) is 0 Å². The molecule has 1 N–H and O–H groups in total. The zero-order valence-electron chi connectivity index (χ0n) is 11.7. The van der Waals surface area contributed by atoms with Gasteiger partial charge >= 0.3 is 0 Å². The van der Waals surface area contributed by atoms with Crippen LogP contribution in [0.2, 0.25) is 5.02 Å². The van der Waals surface area contributed by atoms with Crippen molar-refractivity contribution in [2.75, 3.05) is 26.7 Å². The Morgan fingerprint density at radius 3 is 2.33 bits per heavy atom. The number of halogens is 1. The normalized spacial score (nSPS) is 12.9. The van der Waals surface area contributed by atoms with Crippen LogP contribution in [0.5, 0.6) is 0 Å². The molecule has 1 atom stereocenters. The number of nitrogens with zero attached hydrogens (tertiary/aromatic N) is 1. The molecule has 0 aliphatic heterocycles. The summed E-state index contributed by atoms with van der Waals surface area (Å²) >= 11 is 5.92. The summed E-state index contributed by atoms with van der Waals surface area (Å²) in [4.78, 5) is 2.50. The minimum atomic E-state index is 0.410. The molecule has 0 saturated carbocycles. The van der Waals surface area contributed by atoms with Crippen molar-refractivity contribution in [3.63, 3.8) is 0 Å². The van der Waals surface area contributed by atoms with Gasteiger partial charge in [-0.15, -0.1) is 0 Å². The monoisotopic (exact) mass is 268 g/mol. The average Bonchev–Trinajstić information content (AvgIpc) is 2.40. The first-order chi connectivity index (χ1) is 8.71. The quantitative estimate of drug-likeness (QED) is 0.773. The van der Waals surface area contributed by atoms with Crippen LogP contribution in [0, 0.1) is 0 Å². The van der Waals surface area contributed by atoms with Gasteiger partial charge in [0.05, 0.1) is 0 Å². The molecular formula is C15H25ClN2. The van der Waals surface area contributed by atoms with E-state index in [2.05, 4.69) is 36.2 Å². The predicted octanol–water partition coefficient (Wildman–Crippen LogP) is 3.72. The first-order valence-electron chi connectivity index (χ1n) is 6.86. The SMILES string of the molecule is CCCN(CC)CCC(NC)c1ccc(Cl)cc1. The molecule has 0 aliphatic carbocycles. The lowest BCUT2D eigenvalue weighted by Crippen LogP contribution is -2.29. The van der Waals surface area contributed by atoms with Crippen molar-refractivity contribution >= 4 is 11.6 Å². The molecule has 3 heteroatoms. The van der Waals surface area contributed by atoms with Crippen molar-refractivity contribution in [3.05, 3.63) is 34.9 Å². The fraction of sp³-hybridized carbons (Fsp3) is 0.600. The lowest BCUT2D eigenvalue weighted by molar-refractivity contribution is 0.271. The molecule has 0 bridgehead atoms. The molecule has 18 heavy (non-hydrogen) atoms. The van der Waals surface area contributed by atoms with Crippen LogP contribution >= 0.6 is 11.6 Å². The largest absolute Gasteiger partial charge is 0.313 e. The first kappa shape index (κ1) is 15.5. The van der Waals surface area contributed by atoms with Crippen molar-refractivity contribution in [1.29, 1.82) is 0 Å². The summed E-state index contributed by atoms with van der Waals surface area (Å²) in [5.74, 6) is 0. The molecule has 0 aromatic heterocycles. The summed E-state index contributed by atoms with van der Waals surface area (Å²) in [6.07, 6.45) is 2.35. The van der Waals surface area contributed by atoms with Crippen molar-refractivity contribution < 1.29 is 0 Å². The highest BCUT2D eigenvalue weighted by atomic mass is 35.5. The van der Waals surface area contributed by atoms with Gasteiger partial charge in [-0.3, -0.25) is 0 Å². The highest BCUT2D eigenvalue weighted by molar-refractivity contribution is 6.30. The maximum absolute atomic E-state index is 5.92. The lowest BCUT2D eigenvalue weighted by Gasteiger charge is -2.23. The minimum absolute atomic E-state index is 0.410. The van der Waals surface area contributed by atoms with Gasteiger partial charge in [-0.1, -0.05) is 37.6 Å². The van der Waals surface area contributed by atoms with Crippen molar-refractivity contribution in [1.82, 2.24) is 10.2 Å². The molecule has 0 radical (unpaired) electrons. The zero-order chi connectivity index (χ0) is 13.4. The van der Waals surface area contributed by atoms with Crippen LogP contribution in [0.1, 0.15) is 38.3 Å². The molecule has 1 aromatic carbocycles. The predicted molar refractivity (Wildman–Crippen MR) is 80.3 cm³/mol. The third-order valence-corrected chi connectivity index (χ3v) is 3.59. The summed E-state index contributed by atoms with van der Waals surface area (Å²) in [6, 6.07) is 8.56. The van der Waals surface area contributed by atoms with Crippen LogP contribution in [-0.4, -0.2) is 31.6 Å². The second-order valence-electron chi connectivity index (χ2n) is 4.62. The standard InChI is InChI=1S/C15H25ClN2/c1-4-11-18(5-2)12-10-15(17-3)13-6-8-14(16)9-7-13/h6-9,15,17H,4-5,10-12H2,1-3H3. The number of nitrogens with one attached hydrogen (secondary N) is 1. The Balaban J connectivity index is 2.53. The Morgan fingerprint density at radius 1 is 1.17 bits per heavy atom. The van der Waals surface area contributed by atoms with E-state index in [4.69, 9.17) is 11.6 Å². The number of hydrogen-bond donors (Lipinski definition) is 1. The topological polar surface area (TPSA) is 15.3 Å². The third kappa shape index (κ3) is 4.97. The molecule has 0 spiro atoms. The number of hydrogen-bond acceptors (Lipinski definition) is 2. The second kappa shape index (κ2) is 8.52. The van der Waals surface area contributed by atoms with E-state index in [-0.39, 0.29) is 0 Å². The number of rotatable bonds is 8. The number of benzene rings is 1. The van der Waals surface area contributed by atoms with Crippen molar-refractivity contribution in [2.24, 2.45) is 0 Å². The smallest absolute Gasteiger partial charge is 0.0406 e. The van der Waals surface area contributed by atoms with Gasteiger partial charge in [-0.25, -0.2) is 0 Å². The maximum Gasteiger partial charge on any atom is 0.0406 e. The highest BCUT2D eigenvalue weighted by Crippen LogP contribution is 2.19. The van der Waals surface area contributed by atoms with Gasteiger partial charge in [0, 0.05) is 11.1 Å². The summed E-state index contributed by atoms with van der Waals surface area (Å²) in [5, 5.41) is 4.19. The van der Waals surface area contributed by atoms with Gasteiger partial charge in [0.1, 0.15) is 0 Å². The molecule has 0 aliphatic rings. The average molecular weight is 269 g/mol. The van der Waals surface area contributed by atoms with Crippen molar-refractivity contribution in [2.45, 2.75) is 32.7 Å². The molecule has 0 saturated heterocycles. The first-order valence-corrected chi connectivity index (χ1v) is 7.24. The molecule has 102 valence electrons. The summed E-state index contributed by atoms with van der Waals surface area (Å²) in [6.45, 7) is 7.92. The van der Waals surface area contributed by atoms with E-state index in [0.717, 1.165) is 24.5 Å². The molecule has 1 unspecified atom stereocenters. The Hall–Kier alpha value is -0.570. The van der Waals surface area contributed by atoms with E-state index in [1.54, 1.807) is 0 Å². The van der Waals surface area contributed by atoms with Gasteiger partial charge in [-0.2, -0.15) is 0 Å². The molecule has 2 nitrogen and oxygen atoms in total. The van der Waals surface area contributed by atoms with Crippen LogP contribution in [0.3, 0.4) is 0 Å². The van der Waals surface area contributed by atoms with Crippen LogP contribution < -0.4 is 5.32 Å². The maximum atomic E-state index is 5.92. The van der Waals surface area contributed by atoms with Crippen LogP contribution in [0.4, 0.5) is 0 Å². The molecular weight excluding hydrogens is 244 g/mol. The summed E-state index contributed by atoms with van der Waals surface area (Å²) < 4.78 is 0. The fourth-order valence-electron chi connectivity index (χ4n) is 2.23. The summed E-state index contributed by atoms with van der Waals surface area (Å²) in [7, 11) is 2.02. The Kier molecular flexibility index (Phi) is 7.33. The van der Waals surface area contributed by atoms with Crippen LogP contribution in [-0.2, 0) is 0 Å².